The molecule has 1 aliphatic rings. The number of benzene rings is 1. The van der Waals surface area contributed by atoms with Gasteiger partial charge in [0.25, 0.3) is 5.91 Å². The van der Waals surface area contributed by atoms with Gasteiger partial charge in [-0.3, -0.25) is 14.6 Å². The third kappa shape index (κ3) is 6.77. The van der Waals surface area contributed by atoms with E-state index in [2.05, 4.69) is 43.4 Å². The molecule has 1 saturated heterocycles. The first kappa shape index (κ1) is 28.8. The van der Waals surface area contributed by atoms with Gasteiger partial charge in [0.15, 0.2) is 0 Å². The summed E-state index contributed by atoms with van der Waals surface area (Å²) in [5.74, 6) is 0.851. The number of aliphatic imine (C=N–C) groups is 1. The molecule has 1 aromatic heterocycles. The van der Waals surface area contributed by atoms with E-state index in [9.17, 15) is 9.59 Å². The largest absolute Gasteiger partial charge is 0.481 e. The first-order chi connectivity index (χ1) is 18.2. The Kier molecular flexibility index (Phi) is 9.99. The second-order valence-electron chi connectivity index (χ2n) is 9.96. The van der Waals surface area contributed by atoms with Crippen molar-refractivity contribution in [2.45, 2.75) is 46.6 Å². The van der Waals surface area contributed by atoms with E-state index >= 15 is 0 Å². The number of carbonyl (C=O) groups excluding carboxylic acids is 2. The molecule has 7 nitrogen and oxygen atoms in total. The van der Waals surface area contributed by atoms with E-state index in [1.165, 1.54) is 0 Å². The lowest BCUT2D eigenvalue weighted by atomic mass is 9.94. The lowest BCUT2D eigenvalue weighted by Gasteiger charge is -2.43. The number of nitrogens with zero attached hydrogens (tertiary/aromatic N) is 4. The fourth-order valence-electron chi connectivity index (χ4n) is 4.91. The zero-order chi connectivity index (χ0) is 27.8. The van der Waals surface area contributed by atoms with Crippen LogP contribution >= 0.6 is 0 Å². The minimum atomic E-state index is -0.0223. The third-order valence-corrected chi connectivity index (χ3v) is 6.97. The Hall–Kier alpha value is -3.74. The number of ether oxygens (including phenoxy) is 1. The number of aromatic nitrogens is 1. The highest BCUT2D eigenvalue weighted by Crippen LogP contribution is 2.24. The topological polar surface area (TPSA) is 75.1 Å². The van der Waals surface area contributed by atoms with Crippen molar-refractivity contribution in [3.63, 3.8) is 0 Å². The van der Waals surface area contributed by atoms with Crippen LogP contribution in [-0.2, 0) is 4.79 Å². The van der Waals surface area contributed by atoms with Gasteiger partial charge in [0.05, 0.1) is 18.9 Å². The molecular formula is C31H40N4O3. The Morgan fingerprint density at radius 3 is 2.50 bits per heavy atom. The maximum absolute atomic E-state index is 13.6. The van der Waals surface area contributed by atoms with E-state index in [0.29, 0.717) is 31.1 Å². The first-order valence-corrected chi connectivity index (χ1v) is 13.2. The molecule has 1 fully saturated rings. The fraction of sp³-hybridized carbons (Fsp3) is 0.419. The molecule has 0 radical (unpaired) electrons. The van der Waals surface area contributed by atoms with Crippen LogP contribution in [0, 0.1) is 5.92 Å². The summed E-state index contributed by atoms with van der Waals surface area (Å²) < 4.78 is 5.17. The molecule has 2 aromatic rings. The molecule has 0 aliphatic carbocycles. The normalized spacial score (nSPS) is 16.6. The summed E-state index contributed by atoms with van der Waals surface area (Å²) in [5.41, 5.74) is 5.14. The number of piperazine rings is 1. The van der Waals surface area contributed by atoms with E-state index in [0.717, 1.165) is 40.8 Å². The Labute approximate surface area is 226 Å². The fourth-order valence-corrected chi connectivity index (χ4v) is 4.91. The summed E-state index contributed by atoms with van der Waals surface area (Å²) in [6.45, 7) is 13.8. The Morgan fingerprint density at radius 1 is 1.18 bits per heavy atom. The first-order valence-electron chi connectivity index (χ1n) is 13.2. The molecule has 0 saturated carbocycles. The van der Waals surface area contributed by atoms with Gasteiger partial charge in [0.2, 0.25) is 11.8 Å². The summed E-state index contributed by atoms with van der Waals surface area (Å²) in [5, 5.41) is 0. The molecule has 2 amide bonds. The van der Waals surface area contributed by atoms with Crippen molar-refractivity contribution in [1.82, 2.24) is 14.8 Å². The number of methoxy groups -OCH3 is 1. The summed E-state index contributed by atoms with van der Waals surface area (Å²) in [6.07, 6.45) is 5.56. The zero-order valence-corrected chi connectivity index (χ0v) is 23.5. The van der Waals surface area contributed by atoms with Gasteiger partial charge < -0.3 is 14.5 Å². The third-order valence-electron chi connectivity index (χ3n) is 6.97. The van der Waals surface area contributed by atoms with Crippen molar-refractivity contribution in [3.05, 3.63) is 77.5 Å². The van der Waals surface area contributed by atoms with E-state index in [-0.39, 0.29) is 23.8 Å². The van der Waals surface area contributed by atoms with Crippen LogP contribution in [0.2, 0.25) is 0 Å². The van der Waals surface area contributed by atoms with Gasteiger partial charge in [0.1, 0.15) is 0 Å². The number of hydrogen-bond donors (Lipinski definition) is 0. The Morgan fingerprint density at radius 2 is 1.92 bits per heavy atom. The summed E-state index contributed by atoms with van der Waals surface area (Å²) >= 11 is 0. The van der Waals surface area contributed by atoms with Crippen LogP contribution in [0.4, 0.5) is 0 Å². The van der Waals surface area contributed by atoms with E-state index in [4.69, 9.17) is 4.74 Å². The highest BCUT2D eigenvalue weighted by Gasteiger charge is 2.33. The number of amides is 2. The van der Waals surface area contributed by atoms with Crippen LogP contribution in [0.15, 0.2) is 65.8 Å². The van der Waals surface area contributed by atoms with Crippen LogP contribution in [0.1, 0.15) is 62.0 Å². The molecule has 38 heavy (non-hydrogen) atoms. The van der Waals surface area contributed by atoms with Crippen molar-refractivity contribution in [1.29, 1.82) is 0 Å². The van der Waals surface area contributed by atoms with E-state index in [1.807, 2.05) is 46.2 Å². The SMILES string of the molecule is C=C(C=C(CCC)C(=NC)c1cccc(C(=O)N2CCN(C(C)=O)C(C(C)C)C2)c1)c1ccc(OC)nc1. The molecule has 1 unspecified atom stereocenters. The molecule has 2 heterocycles. The molecule has 1 aliphatic heterocycles. The van der Waals surface area contributed by atoms with Gasteiger partial charge in [-0.25, -0.2) is 4.98 Å². The van der Waals surface area contributed by atoms with Crippen molar-refractivity contribution >= 4 is 23.1 Å². The van der Waals surface area contributed by atoms with Crippen LogP contribution in [-0.4, -0.2) is 72.1 Å². The van der Waals surface area contributed by atoms with Crippen LogP contribution < -0.4 is 4.74 Å². The van der Waals surface area contributed by atoms with Crippen molar-refractivity contribution < 1.29 is 14.3 Å². The Balaban J connectivity index is 1.87. The predicted octanol–water partition coefficient (Wildman–Crippen LogP) is 5.28. The molecule has 202 valence electrons. The van der Waals surface area contributed by atoms with Crippen LogP contribution in [0.3, 0.4) is 0 Å². The number of carbonyl (C=O) groups is 2. The maximum Gasteiger partial charge on any atom is 0.254 e. The summed E-state index contributed by atoms with van der Waals surface area (Å²) in [7, 11) is 3.37. The molecule has 3 rings (SSSR count). The molecule has 0 spiro atoms. The van der Waals surface area contributed by atoms with Gasteiger partial charge >= 0.3 is 0 Å². The number of allylic oxidation sites excluding steroid dienone is 3. The number of hydrogen-bond acceptors (Lipinski definition) is 5. The van der Waals surface area contributed by atoms with Gasteiger partial charge in [-0.15, -0.1) is 0 Å². The smallest absolute Gasteiger partial charge is 0.254 e. The molecule has 0 N–H and O–H groups in total. The second-order valence-corrected chi connectivity index (χ2v) is 9.96. The maximum atomic E-state index is 13.6. The molecular weight excluding hydrogens is 476 g/mol. The quantitative estimate of drug-likeness (QED) is 0.336. The van der Waals surface area contributed by atoms with E-state index < -0.39 is 0 Å². The van der Waals surface area contributed by atoms with Gasteiger partial charge in [-0.1, -0.05) is 45.9 Å². The van der Waals surface area contributed by atoms with Gasteiger partial charge in [0, 0.05) is 57.0 Å². The molecule has 1 aromatic carbocycles. The highest BCUT2D eigenvalue weighted by atomic mass is 16.5. The minimum Gasteiger partial charge on any atom is -0.481 e. The molecule has 7 heteroatoms. The lowest BCUT2D eigenvalue weighted by Crippen LogP contribution is -2.57. The molecule has 0 bridgehead atoms. The second kappa shape index (κ2) is 13.2. The highest BCUT2D eigenvalue weighted by molar-refractivity contribution is 6.14. The minimum absolute atomic E-state index is 0.0127. The standard InChI is InChI=1S/C31H40N4O3/c1-8-10-24(17-22(4)27-13-14-29(38-7)33-19-27)30(32-6)25-11-9-12-26(18-25)31(37)34-15-16-35(23(5)36)28(20-34)21(2)3/h9,11-14,17-19,21,28H,4,8,10,15-16,20H2,1-3,5-7H3. The van der Waals surface area contributed by atoms with Crippen molar-refractivity contribution in [2.75, 3.05) is 33.8 Å². The monoisotopic (exact) mass is 516 g/mol. The Bertz CT molecular complexity index is 1210. The predicted molar refractivity (Wildman–Crippen MR) is 154 cm³/mol. The lowest BCUT2D eigenvalue weighted by molar-refractivity contribution is -0.134. The summed E-state index contributed by atoms with van der Waals surface area (Å²) in [6, 6.07) is 11.4. The zero-order valence-electron chi connectivity index (χ0n) is 23.5. The van der Waals surface area contributed by atoms with Crippen molar-refractivity contribution in [2.24, 2.45) is 10.9 Å². The van der Waals surface area contributed by atoms with Crippen LogP contribution in [0.25, 0.3) is 5.57 Å². The molecule has 1 atom stereocenters. The van der Waals surface area contributed by atoms with E-state index in [1.54, 1.807) is 27.3 Å². The number of rotatable bonds is 9. The average Bonchev–Trinajstić information content (AvgIpc) is 2.92. The summed E-state index contributed by atoms with van der Waals surface area (Å²) in [4.78, 5) is 38.4. The number of pyridine rings is 1. The average molecular weight is 517 g/mol. The van der Waals surface area contributed by atoms with Crippen LogP contribution in [0.5, 0.6) is 5.88 Å². The van der Waals surface area contributed by atoms with Gasteiger partial charge in [-0.05, 0) is 53.3 Å². The van der Waals surface area contributed by atoms with Gasteiger partial charge in [-0.2, -0.15) is 0 Å². The van der Waals surface area contributed by atoms with Crippen molar-refractivity contribution in [3.8, 4) is 5.88 Å².